The highest BCUT2D eigenvalue weighted by molar-refractivity contribution is 6.14. The lowest BCUT2D eigenvalue weighted by Gasteiger charge is -2.22. The second-order valence-corrected chi connectivity index (χ2v) is 13.6. The van der Waals surface area contributed by atoms with Gasteiger partial charge in [-0.25, -0.2) is 4.99 Å². The highest BCUT2D eigenvalue weighted by atomic mass is 14.8. The maximum Gasteiger partial charge on any atom is 0.0712 e. The SMILES string of the molecule is C=C(N=C(/C=C(\C)c1cc2ccccc2c2c1C=CC(C)C2)c1ccc2c(c1)CCCC=C2)c1ccc(Cc2ccccc2/C=C\C)cc1.CC. The molecule has 1 atom stereocenters. The minimum atomic E-state index is 0.527. The predicted molar refractivity (Wildman–Crippen MR) is 225 cm³/mol. The van der Waals surface area contributed by atoms with Crippen molar-refractivity contribution < 1.29 is 0 Å². The van der Waals surface area contributed by atoms with Gasteiger partial charge in [0.2, 0.25) is 0 Å². The third-order valence-electron chi connectivity index (χ3n) is 9.99. The van der Waals surface area contributed by atoms with Crippen molar-refractivity contribution in [2.75, 3.05) is 0 Å². The van der Waals surface area contributed by atoms with Crippen LogP contribution in [-0.2, 0) is 19.3 Å². The average molecular weight is 666 g/mol. The highest BCUT2D eigenvalue weighted by Crippen LogP contribution is 2.36. The summed E-state index contributed by atoms with van der Waals surface area (Å²) in [4.78, 5) is 5.29. The van der Waals surface area contributed by atoms with E-state index in [2.05, 4.69) is 167 Å². The Morgan fingerprint density at radius 3 is 2.47 bits per heavy atom. The molecule has 0 saturated carbocycles. The molecule has 0 amide bonds. The number of aliphatic imine (C=N–C) groups is 1. The molecule has 0 fully saturated rings. The molecule has 5 aromatic rings. The van der Waals surface area contributed by atoms with Crippen molar-refractivity contribution >= 4 is 46.0 Å². The van der Waals surface area contributed by atoms with Crippen LogP contribution in [0.1, 0.15) is 103 Å². The number of hydrogen-bond donors (Lipinski definition) is 0. The Balaban J connectivity index is 0.00000220. The average Bonchev–Trinajstić information content (AvgIpc) is 3.41. The standard InChI is InChI=1S/C48H45N.C2H6/c1-5-13-38-15-9-10-17-40(38)30-36-21-23-37(24-22-36)35(4)49-48(43-26-25-39-14-7-6-8-16-41(39)31-43)29-34(3)46-32-42-18-11-12-19-44(42)47-28-33(2)20-27-45(46)47;1-2/h5,7,9-15,17-27,29,31-33H,4,6,8,16,28,30H2,1-3H3;1-2H3/b13-5-,34-29+,49-48?;. The molecule has 7 rings (SSSR count). The Bertz CT molecular complexity index is 2180. The molecule has 1 heteroatoms. The summed E-state index contributed by atoms with van der Waals surface area (Å²) in [5.41, 5.74) is 15.7. The van der Waals surface area contributed by atoms with E-state index in [9.17, 15) is 0 Å². The van der Waals surface area contributed by atoms with Crippen LogP contribution in [0, 0.1) is 5.92 Å². The quantitative estimate of drug-likeness (QED) is 0.146. The summed E-state index contributed by atoms with van der Waals surface area (Å²) in [5.74, 6) is 0.527. The summed E-state index contributed by atoms with van der Waals surface area (Å²) in [6, 6.07) is 35.4. The van der Waals surface area contributed by atoms with E-state index in [0.717, 1.165) is 48.2 Å². The molecular formula is C50H51N. The van der Waals surface area contributed by atoms with Crippen molar-refractivity contribution in [2.24, 2.45) is 10.9 Å². The van der Waals surface area contributed by atoms with E-state index < -0.39 is 0 Å². The van der Waals surface area contributed by atoms with E-state index in [0.29, 0.717) is 5.92 Å². The number of hydrogen-bond acceptors (Lipinski definition) is 1. The Hall–Kier alpha value is -5.27. The van der Waals surface area contributed by atoms with E-state index in [4.69, 9.17) is 4.99 Å². The molecule has 1 nitrogen and oxygen atoms in total. The van der Waals surface area contributed by atoms with Crippen LogP contribution >= 0.6 is 0 Å². The van der Waals surface area contributed by atoms with Crippen LogP contribution in [0.3, 0.4) is 0 Å². The molecule has 1 unspecified atom stereocenters. The summed E-state index contributed by atoms with van der Waals surface area (Å²) in [6.45, 7) is 15.1. The summed E-state index contributed by atoms with van der Waals surface area (Å²) in [7, 11) is 0. The van der Waals surface area contributed by atoms with Crippen LogP contribution in [0.15, 0.2) is 133 Å². The molecule has 51 heavy (non-hydrogen) atoms. The number of nitrogens with zero attached hydrogens (tertiary/aromatic N) is 1. The lowest BCUT2D eigenvalue weighted by atomic mass is 9.82. The van der Waals surface area contributed by atoms with Gasteiger partial charge in [0.25, 0.3) is 0 Å². The summed E-state index contributed by atoms with van der Waals surface area (Å²) in [5, 5.41) is 2.65. The molecule has 0 bridgehead atoms. The van der Waals surface area contributed by atoms with Crippen molar-refractivity contribution in [1.29, 1.82) is 0 Å². The normalized spacial score (nSPS) is 15.6. The van der Waals surface area contributed by atoms with E-state index >= 15 is 0 Å². The van der Waals surface area contributed by atoms with Crippen LogP contribution in [0.2, 0.25) is 0 Å². The number of rotatable bonds is 8. The second-order valence-electron chi connectivity index (χ2n) is 13.6. The van der Waals surface area contributed by atoms with Gasteiger partial charge in [0.05, 0.1) is 11.4 Å². The molecule has 0 saturated heterocycles. The Kier molecular flexibility index (Phi) is 11.6. The molecule has 0 N–H and O–H groups in total. The van der Waals surface area contributed by atoms with Crippen molar-refractivity contribution in [1.82, 2.24) is 0 Å². The molecule has 2 aliphatic carbocycles. The fourth-order valence-electron chi connectivity index (χ4n) is 7.34. The van der Waals surface area contributed by atoms with Crippen molar-refractivity contribution in [2.45, 2.75) is 66.7 Å². The van der Waals surface area contributed by atoms with Gasteiger partial charge in [-0.3, -0.25) is 0 Å². The minimum Gasteiger partial charge on any atom is -0.248 e. The van der Waals surface area contributed by atoms with Gasteiger partial charge in [-0.1, -0.05) is 149 Å². The fourth-order valence-corrected chi connectivity index (χ4v) is 7.34. The molecule has 0 heterocycles. The van der Waals surface area contributed by atoms with Crippen LogP contribution in [-0.4, -0.2) is 5.71 Å². The third kappa shape index (κ3) is 8.21. The van der Waals surface area contributed by atoms with Gasteiger partial charge in [0, 0.05) is 5.56 Å². The molecule has 0 radical (unpaired) electrons. The number of fused-ring (bicyclic) bond motifs is 4. The summed E-state index contributed by atoms with van der Waals surface area (Å²) < 4.78 is 0. The van der Waals surface area contributed by atoms with Crippen LogP contribution in [0.4, 0.5) is 0 Å². The highest BCUT2D eigenvalue weighted by Gasteiger charge is 2.19. The molecule has 2 aliphatic rings. The predicted octanol–water partition coefficient (Wildman–Crippen LogP) is 13.6. The van der Waals surface area contributed by atoms with Gasteiger partial charge in [0.1, 0.15) is 0 Å². The Labute approximate surface area is 306 Å². The molecule has 0 aromatic heterocycles. The molecule has 0 aliphatic heterocycles. The van der Waals surface area contributed by atoms with Crippen molar-refractivity contribution in [3.63, 3.8) is 0 Å². The first-order chi connectivity index (χ1) is 25.0. The largest absolute Gasteiger partial charge is 0.248 e. The van der Waals surface area contributed by atoms with Gasteiger partial charge in [-0.15, -0.1) is 0 Å². The maximum absolute atomic E-state index is 5.29. The van der Waals surface area contributed by atoms with E-state index in [-0.39, 0.29) is 0 Å². The summed E-state index contributed by atoms with van der Waals surface area (Å²) in [6.07, 6.45) is 21.1. The summed E-state index contributed by atoms with van der Waals surface area (Å²) >= 11 is 0. The zero-order valence-corrected chi connectivity index (χ0v) is 31.0. The maximum atomic E-state index is 5.29. The van der Waals surface area contributed by atoms with E-state index in [1.165, 1.54) is 67.3 Å². The van der Waals surface area contributed by atoms with Crippen LogP contribution in [0.5, 0.6) is 0 Å². The smallest absolute Gasteiger partial charge is 0.0712 e. The number of aryl methyl sites for hydroxylation is 1. The molecule has 0 spiro atoms. The zero-order valence-electron chi connectivity index (χ0n) is 31.0. The topological polar surface area (TPSA) is 12.4 Å². The number of benzene rings is 5. The van der Waals surface area contributed by atoms with E-state index in [1.54, 1.807) is 0 Å². The van der Waals surface area contributed by atoms with Crippen molar-refractivity contribution in [3.05, 3.63) is 184 Å². The first-order valence-electron chi connectivity index (χ1n) is 18.8. The Morgan fingerprint density at radius 2 is 1.65 bits per heavy atom. The molecule has 5 aromatic carbocycles. The van der Waals surface area contributed by atoms with Gasteiger partial charge < -0.3 is 0 Å². The number of allylic oxidation sites excluding steroid dienone is 5. The Morgan fingerprint density at radius 1 is 0.882 bits per heavy atom. The third-order valence-corrected chi connectivity index (χ3v) is 9.99. The zero-order chi connectivity index (χ0) is 35.7. The van der Waals surface area contributed by atoms with Crippen molar-refractivity contribution in [3.8, 4) is 0 Å². The van der Waals surface area contributed by atoms with Crippen LogP contribution in [0.25, 0.3) is 40.3 Å². The molecule has 256 valence electrons. The fraction of sp³-hybridized carbons (Fsp3) is 0.220. The van der Waals surface area contributed by atoms with Gasteiger partial charge in [-0.05, 0) is 136 Å². The monoisotopic (exact) mass is 665 g/mol. The van der Waals surface area contributed by atoms with E-state index in [1.807, 2.05) is 13.8 Å². The van der Waals surface area contributed by atoms with Gasteiger partial charge >= 0.3 is 0 Å². The van der Waals surface area contributed by atoms with Gasteiger partial charge in [-0.2, -0.15) is 0 Å². The van der Waals surface area contributed by atoms with Crippen LogP contribution < -0.4 is 0 Å². The van der Waals surface area contributed by atoms with Gasteiger partial charge in [0.15, 0.2) is 0 Å². The lowest BCUT2D eigenvalue weighted by molar-refractivity contribution is 0.721. The lowest BCUT2D eigenvalue weighted by Crippen LogP contribution is -2.07. The molecular weight excluding hydrogens is 615 g/mol. The minimum absolute atomic E-state index is 0.527. The first-order valence-corrected chi connectivity index (χ1v) is 18.8. The first kappa shape index (κ1) is 35.6. The second kappa shape index (κ2) is 16.6.